The average molecular weight is 459 g/mol. The summed E-state index contributed by atoms with van der Waals surface area (Å²) in [6.45, 7) is 6.87. The Bertz CT molecular complexity index is 1150. The molecular weight excluding hydrogens is 428 g/mol. The standard InChI is InChI=1S/C28H30N2O4/c1-28(2,3)20-5-11-24(12-6-20)34-25-13-7-21(8-14-25)29-27(32)19-17-26(31)30(18-19)22-9-15-23(33-4)16-10-22/h5-16,19H,17-18H2,1-4H3,(H,29,32)/t19-/m1/s1. The number of ether oxygens (including phenoxy) is 2. The maximum Gasteiger partial charge on any atom is 0.229 e. The average Bonchev–Trinajstić information content (AvgIpc) is 3.22. The van der Waals surface area contributed by atoms with Crippen LogP contribution in [0.4, 0.5) is 11.4 Å². The molecule has 1 aliphatic heterocycles. The molecule has 1 aliphatic rings. The third-order valence-electron chi connectivity index (χ3n) is 5.96. The summed E-state index contributed by atoms with van der Waals surface area (Å²) in [5.74, 6) is 1.52. The van der Waals surface area contributed by atoms with Gasteiger partial charge in [-0.1, -0.05) is 32.9 Å². The van der Waals surface area contributed by atoms with Gasteiger partial charge in [0.15, 0.2) is 0 Å². The van der Waals surface area contributed by atoms with Gasteiger partial charge in [0.1, 0.15) is 17.2 Å². The van der Waals surface area contributed by atoms with Gasteiger partial charge in [-0.25, -0.2) is 0 Å². The first-order valence-electron chi connectivity index (χ1n) is 11.4. The van der Waals surface area contributed by atoms with Crippen LogP contribution in [0.3, 0.4) is 0 Å². The molecule has 176 valence electrons. The first-order valence-corrected chi connectivity index (χ1v) is 11.4. The van der Waals surface area contributed by atoms with Crippen molar-refractivity contribution in [2.75, 3.05) is 23.9 Å². The van der Waals surface area contributed by atoms with Crippen LogP contribution in [0.5, 0.6) is 17.2 Å². The molecule has 0 bridgehead atoms. The molecule has 1 fully saturated rings. The first-order chi connectivity index (χ1) is 16.2. The zero-order valence-corrected chi connectivity index (χ0v) is 20.0. The van der Waals surface area contributed by atoms with Gasteiger partial charge in [-0.3, -0.25) is 9.59 Å². The van der Waals surface area contributed by atoms with E-state index in [0.29, 0.717) is 18.0 Å². The molecule has 2 amide bonds. The number of rotatable bonds is 6. The van der Waals surface area contributed by atoms with Crippen LogP contribution in [0.15, 0.2) is 72.8 Å². The van der Waals surface area contributed by atoms with Crippen LogP contribution in [-0.2, 0) is 15.0 Å². The lowest BCUT2D eigenvalue weighted by Gasteiger charge is -2.19. The first kappa shape index (κ1) is 23.4. The maximum absolute atomic E-state index is 12.8. The van der Waals surface area contributed by atoms with Crippen molar-refractivity contribution in [1.82, 2.24) is 0 Å². The third-order valence-corrected chi connectivity index (χ3v) is 5.96. The molecule has 0 saturated carbocycles. The van der Waals surface area contributed by atoms with E-state index in [2.05, 4.69) is 38.2 Å². The minimum atomic E-state index is -0.410. The number of carbonyl (C=O) groups is 2. The van der Waals surface area contributed by atoms with Gasteiger partial charge in [0.05, 0.1) is 13.0 Å². The second kappa shape index (κ2) is 9.59. The number of amides is 2. The number of anilines is 2. The van der Waals surface area contributed by atoms with Crippen molar-refractivity contribution in [3.05, 3.63) is 78.4 Å². The minimum absolute atomic E-state index is 0.0634. The zero-order valence-electron chi connectivity index (χ0n) is 20.0. The normalized spacial score (nSPS) is 15.8. The SMILES string of the molecule is COc1ccc(N2C[C@H](C(=O)Nc3ccc(Oc4ccc(C(C)(C)C)cc4)cc3)CC2=O)cc1. The van der Waals surface area contributed by atoms with Crippen LogP contribution in [0.1, 0.15) is 32.8 Å². The van der Waals surface area contributed by atoms with Gasteiger partial charge in [-0.05, 0) is 71.6 Å². The highest BCUT2D eigenvalue weighted by Crippen LogP contribution is 2.29. The topological polar surface area (TPSA) is 67.9 Å². The Morgan fingerprint density at radius 3 is 2.00 bits per heavy atom. The van der Waals surface area contributed by atoms with Gasteiger partial charge >= 0.3 is 0 Å². The Balaban J connectivity index is 1.34. The summed E-state index contributed by atoms with van der Waals surface area (Å²) in [4.78, 5) is 26.9. The van der Waals surface area contributed by atoms with Crippen LogP contribution >= 0.6 is 0 Å². The monoisotopic (exact) mass is 458 g/mol. The Kier molecular flexibility index (Phi) is 6.59. The van der Waals surface area contributed by atoms with Gasteiger partial charge < -0.3 is 19.7 Å². The fourth-order valence-corrected chi connectivity index (χ4v) is 3.90. The molecule has 34 heavy (non-hydrogen) atoms. The molecule has 0 aliphatic carbocycles. The third kappa shape index (κ3) is 5.39. The Morgan fingerprint density at radius 2 is 1.44 bits per heavy atom. The van der Waals surface area contributed by atoms with Crippen LogP contribution < -0.4 is 19.7 Å². The van der Waals surface area contributed by atoms with Crippen molar-refractivity contribution < 1.29 is 19.1 Å². The fraction of sp³-hybridized carbons (Fsp3) is 0.286. The van der Waals surface area contributed by atoms with Gasteiger partial charge in [0, 0.05) is 24.3 Å². The number of hydrogen-bond donors (Lipinski definition) is 1. The van der Waals surface area contributed by atoms with Crippen molar-refractivity contribution in [1.29, 1.82) is 0 Å². The number of carbonyl (C=O) groups excluding carboxylic acids is 2. The van der Waals surface area contributed by atoms with Crippen molar-refractivity contribution in [2.45, 2.75) is 32.6 Å². The van der Waals surface area contributed by atoms with Gasteiger partial charge in [0.25, 0.3) is 0 Å². The summed E-state index contributed by atoms with van der Waals surface area (Å²) in [5, 5.41) is 2.92. The Hall–Kier alpha value is -3.80. The van der Waals surface area contributed by atoms with E-state index in [1.54, 1.807) is 36.3 Å². The molecule has 0 spiro atoms. The molecule has 4 rings (SSSR count). The van der Waals surface area contributed by atoms with Crippen molar-refractivity contribution in [3.8, 4) is 17.2 Å². The molecule has 6 nitrogen and oxygen atoms in total. The second-order valence-electron chi connectivity index (χ2n) is 9.49. The van der Waals surface area contributed by atoms with Gasteiger partial charge in [-0.2, -0.15) is 0 Å². The largest absolute Gasteiger partial charge is 0.497 e. The smallest absolute Gasteiger partial charge is 0.229 e. The van der Waals surface area contributed by atoms with Gasteiger partial charge in [0.2, 0.25) is 11.8 Å². The molecule has 0 radical (unpaired) electrons. The molecule has 1 N–H and O–H groups in total. The van der Waals surface area contributed by atoms with Crippen LogP contribution in [0.25, 0.3) is 0 Å². The van der Waals surface area contributed by atoms with Crippen molar-refractivity contribution in [3.63, 3.8) is 0 Å². The zero-order chi connectivity index (χ0) is 24.3. The minimum Gasteiger partial charge on any atom is -0.497 e. The van der Waals surface area contributed by atoms with E-state index in [1.807, 2.05) is 36.4 Å². The molecule has 0 aromatic heterocycles. The van der Waals surface area contributed by atoms with Crippen molar-refractivity contribution in [2.24, 2.45) is 5.92 Å². The Labute approximate surface area is 200 Å². The fourth-order valence-electron chi connectivity index (χ4n) is 3.90. The van der Waals surface area contributed by atoms with E-state index in [0.717, 1.165) is 17.2 Å². The predicted molar refractivity (Wildman–Crippen MR) is 134 cm³/mol. The van der Waals surface area contributed by atoms with E-state index < -0.39 is 5.92 Å². The molecule has 6 heteroatoms. The molecular formula is C28H30N2O4. The summed E-state index contributed by atoms with van der Waals surface area (Å²) < 4.78 is 11.1. The lowest BCUT2D eigenvalue weighted by atomic mass is 9.87. The maximum atomic E-state index is 12.8. The number of hydrogen-bond acceptors (Lipinski definition) is 4. The summed E-state index contributed by atoms with van der Waals surface area (Å²) in [5.41, 5.74) is 2.76. The molecule has 1 saturated heterocycles. The summed E-state index contributed by atoms with van der Waals surface area (Å²) >= 11 is 0. The lowest BCUT2D eigenvalue weighted by molar-refractivity contribution is -0.122. The highest BCUT2D eigenvalue weighted by Gasteiger charge is 2.35. The quantitative estimate of drug-likeness (QED) is 0.509. The summed E-state index contributed by atoms with van der Waals surface area (Å²) in [7, 11) is 1.60. The van der Waals surface area contributed by atoms with Crippen LogP contribution in [-0.4, -0.2) is 25.5 Å². The van der Waals surface area contributed by atoms with E-state index in [9.17, 15) is 9.59 Å². The number of methoxy groups -OCH3 is 1. The van der Waals surface area contributed by atoms with E-state index in [4.69, 9.17) is 9.47 Å². The molecule has 3 aromatic carbocycles. The predicted octanol–water partition coefficient (Wildman–Crippen LogP) is 5.78. The summed E-state index contributed by atoms with van der Waals surface area (Å²) in [6.07, 6.45) is 0.184. The Morgan fingerprint density at radius 1 is 0.882 bits per heavy atom. The van der Waals surface area contributed by atoms with E-state index >= 15 is 0 Å². The van der Waals surface area contributed by atoms with Gasteiger partial charge in [-0.15, -0.1) is 0 Å². The van der Waals surface area contributed by atoms with E-state index in [-0.39, 0.29) is 23.7 Å². The number of benzene rings is 3. The van der Waals surface area contributed by atoms with Crippen LogP contribution in [0.2, 0.25) is 0 Å². The number of nitrogens with zero attached hydrogens (tertiary/aromatic N) is 1. The molecule has 1 heterocycles. The van der Waals surface area contributed by atoms with Crippen molar-refractivity contribution >= 4 is 23.2 Å². The number of nitrogens with one attached hydrogen (secondary N) is 1. The lowest BCUT2D eigenvalue weighted by Crippen LogP contribution is -2.28. The molecule has 1 atom stereocenters. The highest BCUT2D eigenvalue weighted by atomic mass is 16.5. The molecule has 3 aromatic rings. The highest BCUT2D eigenvalue weighted by molar-refractivity contribution is 6.03. The van der Waals surface area contributed by atoms with Crippen LogP contribution in [0, 0.1) is 5.92 Å². The van der Waals surface area contributed by atoms with E-state index in [1.165, 1.54) is 5.56 Å². The molecule has 0 unspecified atom stereocenters. The second-order valence-corrected chi connectivity index (χ2v) is 9.49. The summed E-state index contributed by atoms with van der Waals surface area (Å²) in [6, 6.07) is 22.6.